The van der Waals surface area contributed by atoms with E-state index in [4.69, 9.17) is 14.2 Å². The van der Waals surface area contributed by atoms with Gasteiger partial charge in [-0.3, -0.25) is 14.4 Å². The number of carbonyl (C=O) groups excluding carboxylic acids is 3. The first kappa shape index (κ1) is 74.8. The molecule has 0 amide bonds. The number of hydrogen-bond acceptors (Lipinski definition) is 6. The Balaban J connectivity index is 4.05. The summed E-state index contributed by atoms with van der Waals surface area (Å²) in [4.78, 5) is 38.2. The maximum Gasteiger partial charge on any atom is 0.306 e. The molecule has 452 valence electrons. The molecule has 0 saturated heterocycles. The summed E-state index contributed by atoms with van der Waals surface area (Å²) in [7, 11) is 0. The fourth-order valence-corrected chi connectivity index (χ4v) is 9.88. The van der Waals surface area contributed by atoms with E-state index in [0.29, 0.717) is 19.3 Å². The molecule has 78 heavy (non-hydrogen) atoms. The lowest BCUT2D eigenvalue weighted by molar-refractivity contribution is -0.167. The highest BCUT2D eigenvalue weighted by Crippen LogP contribution is 2.18. The molecule has 0 aromatic rings. The summed E-state index contributed by atoms with van der Waals surface area (Å²) >= 11 is 0. The van der Waals surface area contributed by atoms with Crippen LogP contribution in [0.25, 0.3) is 0 Å². The van der Waals surface area contributed by atoms with Gasteiger partial charge < -0.3 is 14.2 Å². The summed E-state index contributed by atoms with van der Waals surface area (Å²) in [5.41, 5.74) is 0. The van der Waals surface area contributed by atoms with Crippen LogP contribution >= 0.6 is 0 Å². The number of esters is 3. The average molecular weight is 1090 g/mol. The fourth-order valence-electron chi connectivity index (χ4n) is 9.88. The van der Waals surface area contributed by atoms with E-state index in [9.17, 15) is 14.4 Å². The van der Waals surface area contributed by atoms with Crippen LogP contribution < -0.4 is 0 Å². The molecule has 0 aliphatic heterocycles. The van der Waals surface area contributed by atoms with Crippen LogP contribution in [0.2, 0.25) is 0 Å². The molecular formula is C72H128O6. The van der Waals surface area contributed by atoms with Crippen LogP contribution in [0, 0.1) is 0 Å². The molecule has 0 rings (SSSR count). The van der Waals surface area contributed by atoms with Crippen LogP contribution in [-0.4, -0.2) is 37.2 Å². The van der Waals surface area contributed by atoms with E-state index >= 15 is 0 Å². The summed E-state index contributed by atoms with van der Waals surface area (Å²) in [5.74, 6) is -0.862. The normalized spacial score (nSPS) is 12.5. The zero-order valence-electron chi connectivity index (χ0n) is 51.9. The van der Waals surface area contributed by atoms with Gasteiger partial charge in [-0.05, 0) is 89.9 Å². The Morgan fingerprint density at radius 1 is 0.269 bits per heavy atom. The van der Waals surface area contributed by atoms with Gasteiger partial charge in [-0.1, -0.05) is 312 Å². The molecule has 0 saturated carbocycles. The molecule has 1 unspecified atom stereocenters. The van der Waals surface area contributed by atoms with Gasteiger partial charge in [0.05, 0.1) is 0 Å². The molecule has 0 aliphatic rings. The fraction of sp³-hybridized carbons (Fsp3) is 0.792. The Hall–Kier alpha value is -3.15. The highest BCUT2D eigenvalue weighted by atomic mass is 16.6. The first-order valence-electron chi connectivity index (χ1n) is 33.9. The second-order valence-electron chi connectivity index (χ2n) is 22.7. The van der Waals surface area contributed by atoms with Crippen molar-refractivity contribution in [2.45, 2.75) is 354 Å². The number of hydrogen-bond donors (Lipinski definition) is 0. The molecule has 6 nitrogen and oxygen atoms in total. The van der Waals surface area contributed by atoms with Gasteiger partial charge in [-0.25, -0.2) is 0 Å². The maximum atomic E-state index is 12.9. The number of carbonyl (C=O) groups is 3. The minimum absolute atomic E-state index is 0.0716. The smallest absolute Gasteiger partial charge is 0.306 e. The Morgan fingerprint density at radius 2 is 0.500 bits per heavy atom. The Kier molecular flexibility index (Phi) is 63.7. The molecule has 0 bridgehead atoms. The minimum Gasteiger partial charge on any atom is -0.462 e. The van der Waals surface area contributed by atoms with Crippen molar-refractivity contribution in [3.63, 3.8) is 0 Å². The van der Waals surface area contributed by atoms with Crippen LogP contribution in [0.15, 0.2) is 72.9 Å². The Bertz CT molecular complexity index is 1440. The van der Waals surface area contributed by atoms with E-state index in [-0.39, 0.29) is 31.1 Å². The van der Waals surface area contributed by atoms with Crippen molar-refractivity contribution in [2.75, 3.05) is 13.2 Å². The molecule has 0 spiro atoms. The van der Waals surface area contributed by atoms with Gasteiger partial charge in [-0.15, -0.1) is 0 Å². The summed E-state index contributed by atoms with van der Waals surface area (Å²) in [6.07, 6.45) is 86.5. The van der Waals surface area contributed by atoms with Gasteiger partial charge in [0.15, 0.2) is 6.10 Å². The van der Waals surface area contributed by atoms with Gasteiger partial charge in [-0.2, -0.15) is 0 Å². The first-order chi connectivity index (χ1) is 38.5. The summed E-state index contributed by atoms with van der Waals surface area (Å²) in [5, 5.41) is 0. The second kappa shape index (κ2) is 66.4. The lowest BCUT2D eigenvalue weighted by Gasteiger charge is -2.18. The van der Waals surface area contributed by atoms with Crippen LogP contribution in [0.4, 0.5) is 0 Å². The predicted octanol–water partition coefficient (Wildman–Crippen LogP) is 23.3. The molecule has 0 aliphatic carbocycles. The highest BCUT2D eigenvalue weighted by molar-refractivity contribution is 5.71. The van der Waals surface area contributed by atoms with Crippen LogP contribution in [0.5, 0.6) is 0 Å². The number of allylic oxidation sites excluding steroid dienone is 12. The van der Waals surface area contributed by atoms with Gasteiger partial charge >= 0.3 is 17.9 Å². The van der Waals surface area contributed by atoms with Crippen molar-refractivity contribution in [3.8, 4) is 0 Å². The minimum atomic E-state index is -0.773. The lowest BCUT2D eigenvalue weighted by Crippen LogP contribution is -2.30. The third kappa shape index (κ3) is 63.7. The Labute approximate surface area is 484 Å². The Morgan fingerprint density at radius 3 is 0.821 bits per heavy atom. The number of unbranched alkanes of at least 4 members (excludes halogenated alkanes) is 39. The zero-order valence-corrected chi connectivity index (χ0v) is 51.9. The molecule has 0 N–H and O–H groups in total. The van der Waals surface area contributed by atoms with Gasteiger partial charge in [0.1, 0.15) is 13.2 Å². The molecule has 0 heterocycles. The first-order valence-corrected chi connectivity index (χ1v) is 33.9. The van der Waals surface area contributed by atoms with E-state index in [1.807, 2.05) is 0 Å². The molecule has 0 aromatic carbocycles. The van der Waals surface area contributed by atoms with Gasteiger partial charge in [0.2, 0.25) is 0 Å². The highest BCUT2D eigenvalue weighted by Gasteiger charge is 2.19. The molecule has 0 aromatic heterocycles. The van der Waals surface area contributed by atoms with Crippen molar-refractivity contribution >= 4 is 17.9 Å². The summed E-state index contributed by atoms with van der Waals surface area (Å²) in [6, 6.07) is 0. The molecule has 0 radical (unpaired) electrons. The topological polar surface area (TPSA) is 78.9 Å². The van der Waals surface area contributed by atoms with Crippen molar-refractivity contribution in [2.24, 2.45) is 0 Å². The SMILES string of the molecule is CC/C=C\C/C=C\C/C=C\C/C=C\C/C=C\CCCCCCCCCCCCCCCCCCCCCC(=O)OCC(COC(=O)CCCCCCC/C=C\CCCCC)OC(=O)CCCCCCCCCCCCCCC. The van der Waals surface area contributed by atoms with Crippen molar-refractivity contribution in [3.05, 3.63) is 72.9 Å². The van der Waals surface area contributed by atoms with Gasteiger partial charge in [0.25, 0.3) is 0 Å². The van der Waals surface area contributed by atoms with Crippen LogP contribution in [0.3, 0.4) is 0 Å². The standard InChI is InChI=1S/C72H128O6/c1-4-7-10-13-16-19-22-25-26-27-28-29-30-31-32-33-34-35-36-37-38-39-40-41-42-43-44-45-46-48-50-53-56-59-62-65-71(74)77-68-69(67-76-70(73)64-61-58-55-52-49-24-21-18-15-12-9-6-3)78-72(75)66-63-60-57-54-51-47-23-20-17-14-11-8-5-2/h7,10,16,18-19,21,25-26,28-29,31-32,69H,4-6,8-9,11-15,17,20,22-24,27,30,33-68H2,1-3H3/b10-7-,19-16-,21-18-,26-25-,29-28-,32-31-. The average Bonchev–Trinajstić information content (AvgIpc) is 3.44. The monoisotopic (exact) mass is 1090 g/mol. The second-order valence-corrected chi connectivity index (χ2v) is 22.7. The number of rotatable bonds is 62. The lowest BCUT2D eigenvalue weighted by atomic mass is 10.0. The van der Waals surface area contributed by atoms with Crippen molar-refractivity contribution < 1.29 is 28.6 Å². The van der Waals surface area contributed by atoms with Crippen molar-refractivity contribution in [1.29, 1.82) is 0 Å². The largest absolute Gasteiger partial charge is 0.462 e. The van der Waals surface area contributed by atoms with Crippen molar-refractivity contribution in [1.82, 2.24) is 0 Å². The van der Waals surface area contributed by atoms with Crippen LogP contribution in [0.1, 0.15) is 348 Å². The maximum absolute atomic E-state index is 12.9. The van der Waals surface area contributed by atoms with E-state index < -0.39 is 6.10 Å². The predicted molar refractivity (Wildman–Crippen MR) is 339 cm³/mol. The molecule has 1 atom stereocenters. The molecule has 6 heteroatoms. The third-order valence-electron chi connectivity index (χ3n) is 14.9. The number of ether oxygens (including phenoxy) is 3. The van der Waals surface area contributed by atoms with Crippen LogP contribution in [-0.2, 0) is 28.6 Å². The molecule has 0 fully saturated rings. The van der Waals surface area contributed by atoms with E-state index in [1.54, 1.807) is 0 Å². The molecular weight excluding hydrogens is 961 g/mol. The third-order valence-corrected chi connectivity index (χ3v) is 14.9. The zero-order chi connectivity index (χ0) is 56.4. The summed E-state index contributed by atoms with van der Waals surface area (Å²) in [6.45, 7) is 6.53. The van der Waals surface area contributed by atoms with E-state index in [2.05, 4.69) is 93.7 Å². The van der Waals surface area contributed by atoms with Gasteiger partial charge in [0, 0.05) is 19.3 Å². The van der Waals surface area contributed by atoms with E-state index in [1.165, 1.54) is 212 Å². The van der Waals surface area contributed by atoms with E-state index in [0.717, 1.165) is 96.3 Å². The summed E-state index contributed by atoms with van der Waals surface area (Å²) < 4.78 is 16.9. The quantitative estimate of drug-likeness (QED) is 0.0261.